The van der Waals surface area contributed by atoms with Gasteiger partial charge in [-0.2, -0.15) is 0 Å². The van der Waals surface area contributed by atoms with Gasteiger partial charge in [-0.15, -0.1) is 24.8 Å². The zero-order chi connectivity index (χ0) is 9.97. The van der Waals surface area contributed by atoms with Gasteiger partial charge >= 0.3 is 0 Å². The van der Waals surface area contributed by atoms with Gasteiger partial charge in [0.1, 0.15) is 0 Å². The Balaban J connectivity index is 0.00000112. The van der Waals surface area contributed by atoms with Gasteiger partial charge in [-0.1, -0.05) is 0 Å². The summed E-state index contributed by atoms with van der Waals surface area (Å²) in [6, 6.07) is 3.66. The summed E-state index contributed by atoms with van der Waals surface area (Å²) in [6.45, 7) is 2.81. The molecule has 1 aliphatic heterocycles. The van der Waals surface area contributed by atoms with Crippen LogP contribution in [0.1, 0.15) is 12.1 Å². The molecule has 1 aliphatic rings. The van der Waals surface area contributed by atoms with Crippen LogP contribution in [0.2, 0.25) is 0 Å². The number of hydrogen-bond acceptors (Lipinski definition) is 3. The molecule has 0 unspecified atom stereocenters. The van der Waals surface area contributed by atoms with Gasteiger partial charge in [0.2, 0.25) is 5.91 Å². The molecule has 1 aromatic heterocycles. The van der Waals surface area contributed by atoms with E-state index < -0.39 is 0 Å². The molecule has 6 heteroatoms. The molecule has 1 aromatic rings. The third kappa shape index (κ3) is 3.33. The Morgan fingerprint density at radius 3 is 2.75 bits per heavy atom. The highest BCUT2D eigenvalue weighted by atomic mass is 35.5. The average Bonchev–Trinajstić information content (AvgIpc) is 2.05. The summed E-state index contributed by atoms with van der Waals surface area (Å²) in [5, 5.41) is 5.90. The van der Waals surface area contributed by atoms with Crippen LogP contribution in [-0.2, 0) is 4.79 Å². The van der Waals surface area contributed by atoms with Crippen LogP contribution in [-0.4, -0.2) is 23.5 Å². The van der Waals surface area contributed by atoms with E-state index >= 15 is 0 Å². The second-order valence-electron chi connectivity index (χ2n) is 3.42. The van der Waals surface area contributed by atoms with Crippen LogP contribution in [0.15, 0.2) is 18.3 Å². The van der Waals surface area contributed by atoms with Crippen molar-refractivity contribution in [2.24, 2.45) is 0 Å². The number of carbonyl (C=O) groups excluding carboxylic acids is 1. The van der Waals surface area contributed by atoms with Crippen LogP contribution in [0.25, 0.3) is 0 Å². The Kier molecular flexibility index (Phi) is 6.33. The summed E-state index contributed by atoms with van der Waals surface area (Å²) in [6.07, 6.45) is 2.64. The lowest BCUT2D eigenvalue weighted by Gasteiger charge is -2.26. The van der Waals surface area contributed by atoms with E-state index in [9.17, 15) is 4.79 Å². The van der Waals surface area contributed by atoms with Crippen molar-refractivity contribution in [3.63, 3.8) is 0 Å². The van der Waals surface area contributed by atoms with Gasteiger partial charge in [-0.05, 0) is 32.0 Å². The third-order valence-electron chi connectivity index (χ3n) is 2.41. The molecule has 0 aromatic carbocycles. The van der Waals surface area contributed by atoms with Gasteiger partial charge < -0.3 is 10.6 Å². The van der Waals surface area contributed by atoms with Crippen LogP contribution >= 0.6 is 24.8 Å². The Labute approximate surface area is 107 Å². The molecule has 0 spiro atoms. The molecular weight excluding hydrogens is 249 g/mol. The lowest BCUT2D eigenvalue weighted by Crippen LogP contribution is -2.50. The van der Waals surface area contributed by atoms with Gasteiger partial charge in [-0.25, -0.2) is 0 Å². The van der Waals surface area contributed by atoms with Crippen LogP contribution in [0, 0.1) is 6.92 Å². The SMILES string of the molecule is Cc1ncccc1NC(=O)[C@H]1CCN1.Cl.Cl. The summed E-state index contributed by atoms with van der Waals surface area (Å²) < 4.78 is 0. The molecule has 0 saturated carbocycles. The second-order valence-corrected chi connectivity index (χ2v) is 3.42. The number of pyridine rings is 1. The topological polar surface area (TPSA) is 54.0 Å². The van der Waals surface area contributed by atoms with Crippen molar-refractivity contribution in [1.82, 2.24) is 10.3 Å². The fourth-order valence-corrected chi connectivity index (χ4v) is 1.35. The van der Waals surface area contributed by atoms with Gasteiger partial charge in [0.15, 0.2) is 0 Å². The fraction of sp³-hybridized carbons (Fsp3) is 0.400. The Morgan fingerprint density at radius 1 is 1.56 bits per heavy atom. The highest BCUT2D eigenvalue weighted by Gasteiger charge is 2.24. The number of carbonyl (C=O) groups is 1. The molecule has 2 heterocycles. The summed E-state index contributed by atoms with van der Waals surface area (Å²) in [5.74, 6) is 0.0346. The van der Waals surface area contributed by atoms with E-state index in [1.807, 2.05) is 19.1 Å². The minimum atomic E-state index is -0.0189. The van der Waals surface area contributed by atoms with E-state index in [4.69, 9.17) is 0 Å². The highest BCUT2D eigenvalue weighted by molar-refractivity contribution is 5.95. The van der Waals surface area contributed by atoms with Crippen LogP contribution in [0.5, 0.6) is 0 Å². The highest BCUT2D eigenvalue weighted by Crippen LogP contribution is 2.12. The molecule has 0 bridgehead atoms. The van der Waals surface area contributed by atoms with Gasteiger partial charge in [0.25, 0.3) is 0 Å². The minimum absolute atomic E-state index is 0. The van der Waals surface area contributed by atoms with Gasteiger partial charge in [0, 0.05) is 6.20 Å². The van der Waals surface area contributed by atoms with Crippen LogP contribution < -0.4 is 10.6 Å². The van der Waals surface area contributed by atoms with E-state index in [0.29, 0.717) is 0 Å². The van der Waals surface area contributed by atoms with Crippen LogP contribution in [0.3, 0.4) is 0 Å². The predicted octanol–water partition coefficient (Wildman–Crippen LogP) is 1.53. The summed E-state index contributed by atoms with van der Waals surface area (Å²) in [4.78, 5) is 15.6. The predicted molar refractivity (Wildman–Crippen MR) is 68.5 cm³/mol. The van der Waals surface area contributed by atoms with E-state index in [0.717, 1.165) is 24.3 Å². The number of halogens is 2. The van der Waals surface area contributed by atoms with E-state index in [1.165, 1.54) is 0 Å². The second kappa shape index (κ2) is 6.68. The monoisotopic (exact) mass is 263 g/mol. The van der Waals surface area contributed by atoms with E-state index in [-0.39, 0.29) is 36.8 Å². The molecule has 0 radical (unpaired) electrons. The fourth-order valence-electron chi connectivity index (χ4n) is 1.35. The van der Waals surface area contributed by atoms with Crippen molar-refractivity contribution in [1.29, 1.82) is 0 Å². The first-order chi connectivity index (χ1) is 6.77. The summed E-state index contributed by atoms with van der Waals surface area (Å²) in [7, 11) is 0. The average molecular weight is 264 g/mol. The number of hydrogen-bond donors (Lipinski definition) is 2. The van der Waals surface area contributed by atoms with E-state index in [1.54, 1.807) is 6.20 Å². The molecule has 2 N–H and O–H groups in total. The number of rotatable bonds is 2. The molecule has 90 valence electrons. The minimum Gasteiger partial charge on any atom is -0.323 e. The maximum atomic E-state index is 11.5. The zero-order valence-electron chi connectivity index (χ0n) is 8.90. The molecule has 16 heavy (non-hydrogen) atoms. The lowest BCUT2D eigenvalue weighted by atomic mass is 10.1. The standard InChI is InChI=1S/C10H13N3O.2ClH/c1-7-8(3-2-5-11-7)13-10(14)9-4-6-12-9;;/h2-3,5,9,12H,4,6H2,1H3,(H,13,14);2*1H/t9-;;/m1../s1. The first-order valence-electron chi connectivity index (χ1n) is 4.73. The maximum absolute atomic E-state index is 11.5. The summed E-state index contributed by atoms with van der Waals surface area (Å²) >= 11 is 0. The Bertz CT molecular complexity index is 356. The van der Waals surface area contributed by atoms with Gasteiger partial charge in [0.05, 0.1) is 17.4 Å². The Morgan fingerprint density at radius 2 is 2.25 bits per heavy atom. The molecular formula is C10H15Cl2N3O. The molecule has 1 atom stereocenters. The lowest BCUT2D eigenvalue weighted by molar-refractivity contribution is -0.119. The number of aryl methyl sites for hydroxylation is 1. The van der Waals surface area contributed by atoms with Crippen LogP contribution in [0.4, 0.5) is 5.69 Å². The molecule has 1 fully saturated rings. The van der Waals surface area contributed by atoms with Crippen molar-refractivity contribution in [2.75, 3.05) is 11.9 Å². The zero-order valence-corrected chi connectivity index (χ0v) is 10.5. The van der Waals surface area contributed by atoms with Crippen molar-refractivity contribution >= 4 is 36.4 Å². The normalized spacial score (nSPS) is 17.4. The number of aromatic nitrogens is 1. The van der Waals surface area contributed by atoms with Crippen molar-refractivity contribution in [2.45, 2.75) is 19.4 Å². The molecule has 1 amide bonds. The van der Waals surface area contributed by atoms with Crippen molar-refractivity contribution in [3.8, 4) is 0 Å². The van der Waals surface area contributed by atoms with E-state index in [2.05, 4.69) is 15.6 Å². The first kappa shape index (κ1) is 15.2. The Hall–Kier alpha value is -0.840. The number of nitrogens with one attached hydrogen (secondary N) is 2. The summed E-state index contributed by atoms with van der Waals surface area (Å²) in [5.41, 5.74) is 1.64. The maximum Gasteiger partial charge on any atom is 0.241 e. The first-order valence-corrected chi connectivity index (χ1v) is 4.73. The number of amides is 1. The number of nitrogens with zero attached hydrogens (tertiary/aromatic N) is 1. The van der Waals surface area contributed by atoms with Gasteiger partial charge in [-0.3, -0.25) is 9.78 Å². The largest absolute Gasteiger partial charge is 0.323 e. The molecule has 2 rings (SSSR count). The molecule has 1 saturated heterocycles. The third-order valence-corrected chi connectivity index (χ3v) is 2.41. The molecule has 0 aliphatic carbocycles. The number of anilines is 1. The van der Waals surface area contributed by atoms with Crippen molar-refractivity contribution in [3.05, 3.63) is 24.0 Å². The smallest absolute Gasteiger partial charge is 0.241 e. The molecule has 4 nitrogen and oxygen atoms in total. The van der Waals surface area contributed by atoms with Crippen molar-refractivity contribution < 1.29 is 4.79 Å². The quantitative estimate of drug-likeness (QED) is 0.851.